The number of aromatic nitrogens is 1. The molecule has 0 spiro atoms. The number of rotatable bonds is 2. The number of hydrogen-bond acceptors (Lipinski definition) is 3. The van der Waals surface area contributed by atoms with Crippen LogP contribution >= 0.6 is 15.9 Å². The highest BCUT2D eigenvalue weighted by atomic mass is 79.9. The number of nitrogens with zero attached hydrogens (tertiary/aromatic N) is 2. The average molecular weight is 338 g/mol. The standard InChI is InChI=1S/C17H12BrN3/c1-11-8-13(6-7-15(11)18)21-17-12(9-19)10-20-16-5-3-2-4-14(16)17/h2-8,10H,1H3,(H,20,21). The van der Waals surface area contributed by atoms with Crippen LogP contribution in [-0.2, 0) is 0 Å². The number of para-hydroxylation sites is 1. The smallest absolute Gasteiger partial charge is 0.103 e. The predicted molar refractivity (Wildman–Crippen MR) is 88.6 cm³/mol. The monoisotopic (exact) mass is 337 g/mol. The van der Waals surface area contributed by atoms with Crippen LogP contribution in [0.1, 0.15) is 11.1 Å². The number of halogens is 1. The van der Waals surface area contributed by atoms with Crippen LogP contribution in [0.2, 0.25) is 0 Å². The maximum Gasteiger partial charge on any atom is 0.103 e. The second-order valence-corrected chi connectivity index (χ2v) is 5.62. The van der Waals surface area contributed by atoms with Gasteiger partial charge in [0.15, 0.2) is 0 Å². The van der Waals surface area contributed by atoms with Gasteiger partial charge in [0.25, 0.3) is 0 Å². The summed E-state index contributed by atoms with van der Waals surface area (Å²) in [5, 5.41) is 13.6. The van der Waals surface area contributed by atoms with Crippen molar-refractivity contribution in [2.75, 3.05) is 5.32 Å². The number of nitriles is 1. The van der Waals surface area contributed by atoms with E-state index in [-0.39, 0.29) is 0 Å². The van der Waals surface area contributed by atoms with E-state index in [1.807, 2.05) is 49.4 Å². The van der Waals surface area contributed by atoms with E-state index in [9.17, 15) is 5.26 Å². The summed E-state index contributed by atoms with van der Waals surface area (Å²) in [6.07, 6.45) is 1.61. The zero-order chi connectivity index (χ0) is 14.8. The molecule has 0 fully saturated rings. The Labute approximate surface area is 131 Å². The maximum atomic E-state index is 9.32. The molecule has 0 aliphatic heterocycles. The number of anilines is 2. The van der Waals surface area contributed by atoms with Gasteiger partial charge in [-0.05, 0) is 36.8 Å². The lowest BCUT2D eigenvalue weighted by atomic mass is 10.1. The summed E-state index contributed by atoms with van der Waals surface area (Å²) in [7, 11) is 0. The van der Waals surface area contributed by atoms with Crippen molar-refractivity contribution in [3.8, 4) is 6.07 Å². The van der Waals surface area contributed by atoms with E-state index in [1.54, 1.807) is 6.20 Å². The number of pyridine rings is 1. The van der Waals surface area contributed by atoms with Gasteiger partial charge in [-0.15, -0.1) is 0 Å². The van der Waals surface area contributed by atoms with Crippen molar-refractivity contribution in [2.45, 2.75) is 6.92 Å². The predicted octanol–water partition coefficient (Wildman–Crippen LogP) is 4.92. The Morgan fingerprint density at radius 1 is 1.19 bits per heavy atom. The molecule has 0 atom stereocenters. The van der Waals surface area contributed by atoms with Crippen molar-refractivity contribution in [2.24, 2.45) is 0 Å². The van der Waals surface area contributed by atoms with Gasteiger partial charge in [0, 0.05) is 21.7 Å². The first-order chi connectivity index (χ1) is 10.2. The van der Waals surface area contributed by atoms with Crippen LogP contribution in [0.4, 0.5) is 11.4 Å². The molecule has 3 aromatic rings. The topological polar surface area (TPSA) is 48.7 Å². The van der Waals surface area contributed by atoms with Crippen LogP contribution in [-0.4, -0.2) is 4.98 Å². The quantitative estimate of drug-likeness (QED) is 0.721. The van der Waals surface area contributed by atoms with Gasteiger partial charge >= 0.3 is 0 Å². The van der Waals surface area contributed by atoms with Crippen molar-refractivity contribution < 1.29 is 0 Å². The number of fused-ring (bicyclic) bond motifs is 1. The van der Waals surface area contributed by atoms with Gasteiger partial charge in [0.1, 0.15) is 6.07 Å². The molecule has 3 rings (SSSR count). The normalized spacial score (nSPS) is 10.3. The van der Waals surface area contributed by atoms with E-state index in [1.165, 1.54) is 0 Å². The molecule has 21 heavy (non-hydrogen) atoms. The molecule has 0 unspecified atom stereocenters. The number of aryl methyl sites for hydroxylation is 1. The first kappa shape index (κ1) is 13.6. The average Bonchev–Trinajstić information content (AvgIpc) is 2.51. The molecule has 2 aromatic carbocycles. The molecule has 0 saturated carbocycles. The van der Waals surface area contributed by atoms with Crippen LogP contribution in [0.15, 0.2) is 53.1 Å². The number of benzene rings is 2. The van der Waals surface area contributed by atoms with Gasteiger partial charge in [-0.25, -0.2) is 0 Å². The van der Waals surface area contributed by atoms with E-state index < -0.39 is 0 Å². The Kier molecular flexibility index (Phi) is 3.59. The van der Waals surface area contributed by atoms with Gasteiger partial charge in [-0.3, -0.25) is 4.98 Å². The molecule has 0 amide bonds. The van der Waals surface area contributed by atoms with E-state index in [0.717, 1.165) is 32.3 Å². The SMILES string of the molecule is Cc1cc(Nc2c(C#N)cnc3ccccc23)ccc1Br. The summed E-state index contributed by atoms with van der Waals surface area (Å²) in [5.74, 6) is 0. The fraction of sp³-hybridized carbons (Fsp3) is 0.0588. The molecule has 0 bridgehead atoms. The Bertz CT molecular complexity index is 866. The Morgan fingerprint density at radius 2 is 2.00 bits per heavy atom. The summed E-state index contributed by atoms with van der Waals surface area (Å²) in [6.45, 7) is 2.03. The molecule has 1 N–H and O–H groups in total. The van der Waals surface area contributed by atoms with E-state index in [0.29, 0.717) is 5.56 Å². The van der Waals surface area contributed by atoms with Gasteiger partial charge < -0.3 is 5.32 Å². The molecule has 102 valence electrons. The van der Waals surface area contributed by atoms with Gasteiger partial charge in [-0.2, -0.15) is 5.26 Å². The lowest BCUT2D eigenvalue weighted by Crippen LogP contribution is -1.97. The highest BCUT2D eigenvalue weighted by Gasteiger charge is 2.09. The molecular weight excluding hydrogens is 326 g/mol. The van der Waals surface area contributed by atoms with Crippen molar-refractivity contribution in [3.63, 3.8) is 0 Å². The summed E-state index contributed by atoms with van der Waals surface area (Å²) in [4.78, 5) is 4.32. The fourth-order valence-electron chi connectivity index (χ4n) is 2.23. The van der Waals surface area contributed by atoms with Crippen LogP contribution in [0, 0.1) is 18.3 Å². The molecule has 0 saturated heterocycles. The van der Waals surface area contributed by atoms with Gasteiger partial charge in [0.2, 0.25) is 0 Å². The summed E-state index contributed by atoms with van der Waals surface area (Å²) in [6, 6.07) is 16.0. The van der Waals surface area contributed by atoms with Crippen molar-refractivity contribution in [1.82, 2.24) is 4.98 Å². The first-order valence-corrected chi connectivity index (χ1v) is 7.29. The van der Waals surface area contributed by atoms with E-state index in [2.05, 4.69) is 32.3 Å². The summed E-state index contributed by atoms with van der Waals surface area (Å²) < 4.78 is 1.06. The highest BCUT2D eigenvalue weighted by Crippen LogP contribution is 2.30. The number of hydrogen-bond donors (Lipinski definition) is 1. The molecule has 1 aromatic heterocycles. The zero-order valence-corrected chi connectivity index (χ0v) is 13.0. The van der Waals surface area contributed by atoms with Crippen LogP contribution in [0.3, 0.4) is 0 Å². The Balaban J connectivity index is 2.14. The van der Waals surface area contributed by atoms with Crippen LogP contribution in [0.5, 0.6) is 0 Å². The third-order valence-corrected chi connectivity index (χ3v) is 4.21. The summed E-state index contributed by atoms with van der Waals surface area (Å²) in [5.41, 5.74) is 4.28. The van der Waals surface area contributed by atoms with Crippen LogP contribution < -0.4 is 5.32 Å². The third-order valence-electron chi connectivity index (χ3n) is 3.32. The minimum atomic E-state index is 0.536. The Morgan fingerprint density at radius 3 is 2.76 bits per heavy atom. The minimum Gasteiger partial charge on any atom is -0.354 e. The second-order valence-electron chi connectivity index (χ2n) is 4.76. The van der Waals surface area contributed by atoms with E-state index in [4.69, 9.17) is 0 Å². The molecule has 3 nitrogen and oxygen atoms in total. The van der Waals surface area contributed by atoms with E-state index >= 15 is 0 Å². The molecule has 4 heteroatoms. The highest BCUT2D eigenvalue weighted by molar-refractivity contribution is 9.10. The molecular formula is C17H12BrN3. The van der Waals surface area contributed by atoms with Gasteiger partial charge in [-0.1, -0.05) is 34.1 Å². The minimum absolute atomic E-state index is 0.536. The first-order valence-electron chi connectivity index (χ1n) is 6.50. The molecule has 0 aliphatic carbocycles. The van der Waals surface area contributed by atoms with Gasteiger partial charge in [0.05, 0.1) is 16.8 Å². The van der Waals surface area contributed by atoms with Crippen LogP contribution in [0.25, 0.3) is 10.9 Å². The molecule has 0 aliphatic rings. The Hall–Kier alpha value is -2.38. The van der Waals surface area contributed by atoms with Crippen molar-refractivity contribution >= 4 is 38.2 Å². The largest absolute Gasteiger partial charge is 0.354 e. The number of nitrogens with one attached hydrogen (secondary N) is 1. The van der Waals surface area contributed by atoms with Crippen molar-refractivity contribution in [3.05, 3.63) is 64.3 Å². The van der Waals surface area contributed by atoms with Crippen molar-refractivity contribution in [1.29, 1.82) is 5.26 Å². The summed E-state index contributed by atoms with van der Waals surface area (Å²) >= 11 is 3.49. The second kappa shape index (κ2) is 5.55. The third kappa shape index (κ3) is 2.61. The zero-order valence-electron chi connectivity index (χ0n) is 11.4. The lowest BCUT2D eigenvalue weighted by molar-refractivity contribution is 1.36. The molecule has 0 radical (unpaired) electrons. The molecule has 1 heterocycles. The maximum absolute atomic E-state index is 9.32. The lowest BCUT2D eigenvalue weighted by Gasteiger charge is -2.12. The fourth-order valence-corrected chi connectivity index (χ4v) is 2.47.